The van der Waals surface area contributed by atoms with Crippen LogP contribution >= 0.6 is 0 Å². The number of nitrogens with zero attached hydrogens (tertiary/aromatic N) is 4. The van der Waals surface area contributed by atoms with E-state index in [9.17, 15) is 13.2 Å². The molecule has 1 saturated heterocycles. The number of carbonyl (C=O) groups is 1. The van der Waals surface area contributed by atoms with Gasteiger partial charge in [-0.1, -0.05) is 10.3 Å². The molecule has 11 nitrogen and oxygen atoms in total. The lowest BCUT2D eigenvalue weighted by molar-refractivity contribution is -0.0440. The maximum atomic E-state index is 12.9. The third kappa shape index (κ3) is 4.10. The summed E-state index contributed by atoms with van der Waals surface area (Å²) in [5.41, 5.74) is 0.233. The molecule has 12 heteroatoms. The Hall–Kier alpha value is -3.09. The number of hydrogen-bond donors (Lipinski definition) is 1. The van der Waals surface area contributed by atoms with Crippen molar-refractivity contribution < 1.29 is 26.9 Å². The summed E-state index contributed by atoms with van der Waals surface area (Å²) >= 11 is 0. The van der Waals surface area contributed by atoms with Gasteiger partial charge in [-0.2, -0.15) is 4.31 Å². The molecule has 0 saturated carbocycles. The van der Waals surface area contributed by atoms with Gasteiger partial charge in [0.05, 0.1) is 23.3 Å². The lowest BCUT2D eigenvalue weighted by Gasteiger charge is -2.34. The van der Waals surface area contributed by atoms with E-state index in [2.05, 4.69) is 20.7 Å². The first-order valence-electron chi connectivity index (χ1n) is 9.14. The SMILES string of the molecule is C[C@H]1CN(S(=O)(=O)c2ccc(C(=O)Nc3nnc(-c4ccno4)o3)cc2)C[C@H](C)O1. The van der Waals surface area contributed by atoms with Crippen molar-refractivity contribution in [3.63, 3.8) is 0 Å². The molecule has 1 amide bonds. The van der Waals surface area contributed by atoms with Gasteiger partial charge < -0.3 is 13.7 Å². The summed E-state index contributed by atoms with van der Waals surface area (Å²) in [6, 6.07) is 7.03. The molecule has 2 aromatic heterocycles. The number of hydrogen-bond acceptors (Lipinski definition) is 9. The minimum atomic E-state index is -3.69. The monoisotopic (exact) mass is 433 g/mol. The van der Waals surface area contributed by atoms with Gasteiger partial charge in [0.1, 0.15) is 0 Å². The maximum Gasteiger partial charge on any atom is 0.322 e. The van der Waals surface area contributed by atoms with Crippen LogP contribution in [-0.4, -0.2) is 59.3 Å². The first kappa shape index (κ1) is 20.2. The highest BCUT2D eigenvalue weighted by Crippen LogP contribution is 2.22. The van der Waals surface area contributed by atoms with E-state index in [0.717, 1.165) is 0 Å². The Morgan fingerprint density at radius 3 is 2.43 bits per heavy atom. The first-order valence-corrected chi connectivity index (χ1v) is 10.6. The van der Waals surface area contributed by atoms with Crippen LogP contribution in [0.15, 0.2) is 50.4 Å². The highest BCUT2D eigenvalue weighted by molar-refractivity contribution is 7.89. The first-order chi connectivity index (χ1) is 14.3. The fourth-order valence-corrected chi connectivity index (χ4v) is 4.71. The molecule has 0 radical (unpaired) electrons. The zero-order valence-corrected chi connectivity index (χ0v) is 17.0. The Bertz CT molecular complexity index is 1120. The number of aromatic nitrogens is 3. The van der Waals surface area contributed by atoms with E-state index >= 15 is 0 Å². The van der Waals surface area contributed by atoms with Gasteiger partial charge in [0, 0.05) is 24.7 Å². The van der Waals surface area contributed by atoms with Gasteiger partial charge in [0.25, 0.3) is 11.8 Å². The molecule has 3 aromatic rings. The molecule has 1 aliphatic heterocycles. The summed E-state index contributed by atoms with van der Waals surface area (Å²) in [6.45, 7) is 4.22. The number of benzene rings is 1. The number of sulfonamides is 1. The average Bonchev–Trinajstić information content (AvgIpc) is 3.39. The van der Waals surface area contributed by atoms with E-state index in [4.69, 9.17) is 13.7 Å². The van der Waals surface area contributed by atoms with E-state index < -0.39 is 15.9 Å². The van der Waals surface area contributed by atoms with Crippen molar-refractivity contribution in [2.75, 3.05) is 18.4 Å². The summed E-state index contributed by atoms with van der Waals surface area (Å²) in [5, 5.41) is 13.5. The molecule has 158 valence electrons. The van der Waals surface area contributed by atoms with E-state index in [-0.39, 0.29) is 53.4 Å². The van der Waals surface area contributed by atoms with Crippen molar-refractivity contribution in [1.29, 1.82) is 0 Å². The van der Waals surface area contributed by atoms with Crippen LogP contribution in [0.4, 0.5) is 6.01 Å². The van der Waals surface area contributed by atoms with Crippen LogP contribution in [0, 0.1) is 0 Å². The third-order valence-corrected chi connectivity index (χ3v) is 6.28. The van der Waals surface area contributed by atoms with Crippen LogP contribution in [-0.2, 0) is 14.8 Å². The number of nitrogens with one attached hydrogen (secondary N) is 1. The van der Waals surface area contributed by atoms with Crippen LogP contribution < -0.4 is 5.32 Å². The van der Waals surface area contributed by atoms with E-state index in [1.165, 1.54) is 40.8 Å². The number of carbonyl (C=O) groups excluding carboxylic acids is 1. The van der Waals surface area contributed by atoms with Gasteiger partial charge in [0.2, 0.25) is 15.8 Å². The Labute approximate surface area is 172 Å². The molecular weight excluding hydrogens is 414 g/mol. The van der Waals surface area contributed by atoms with E-state index in [1.807, 2.05) is 13.8 Å². The van der Waals surface area contributed by atoms with Gasteiger partial charge >= 0.3 is 6.01 Å². The highest BCUT2D eigenvalue weighted by atomic mass is 32.2. The fourth-order valence-electron chi connectivity index (χ4n) is 3.12. The van der Waals surface area contributed by atoms with Crippen molar-refractivity contribution in [2.45, 2.75) is 31.0 Å². The van der Waals surface area contributed by atoms with Crippen molar-refractivity contribution in [3.05, 3.63) is 42.1 Å². The van der Waals surface area contributed by atoms with Gasteiger partial charge in [-0.25, -0.2) is 8.42 Å². The number of anilines is 1. The van der Waals surface area contributed by atoms with Crippen LogP contribution in [0.3, 0.4) is 0 Å². The Balaban J connectivity index is 1.46. The zero-order valence-electron chi connectivity index (χ0n) is 16.2. The minimum absolute atomic E-state index is 0.0678. The highest BCUT2D eigenvalue weighted by Gasteiger charge is 2.32. The second-order valence-corrected chi connectivity index (χ2v) is 8.78. The molecule has 4 rings (SSSR count). The van der Waals surface area contributed by atoms with Crippen LogP contribution in [0.25, 0.3) is 11.7 Å². The normalized spacial score (nSPS) is 20.2. The van der Waals surface area contributed by atoms with Crippen molar-refractivity contribution in [2.24, 2.45) is 0 Å². The quantitative estimate of drug-likeness (QED) is 0.637. The molecule has 1 aromatic carbocycles. The topological polar surface area (TPSA) is 141 Å². The molecule has 2 atom stereocenters. The predicted octanol–water partition coefficient (Wildman–Crippen LogP) is 1.77. The minimum Gasteiger partial charge on any atom is -0.400 e. The summed E-state index contributed by atoms with van der Waals surface area (Å²) in [5.74, 6) is -0.192. The van der Waals surface area contributed by atoms with Crippen LogP contribution in [0.2, 0.25) is 0 Å². The number of amides is 1. The number of ether oxygens (including phenoxy) is 1. The van der Waals surface area contributed by atoms with Gasteiger partial charge in [-0.05, 0) is 38.1 Å². The summed E-state index contributed by atoms with van der Waals surface area (Å²) in [6.07, 6.45) is 1.04. The molecule has 1 N–H and O–H groups in total. The lowest BCUT2D eigenvalue weighted by atomic mass is 10.2. The molecule has 0 spiro atoms. The summed E-state index contributed by atoms with van der Waals surface area (Å²) < 4.78 is 43.0. The molecule has 3 heterocycles. The number of rotatable bonds is 5. The van der Waals surface area contributed by atoms with E-state index in [1.54, 1.807) is 0 Å². The standard InChI is InChI=1S/C18H19N5O6S/c1-11-9-23(10-12(2)27-11)30(25,26)14-5-3-13(4-6-14)16(24)20-18-22-21-17(28-18)15-7-8-19-29-15/h3-8,11-12H,9-10H2,1-2H3,(H,20,22,24)/t11-,12-/m0/s1. The van der Waals surface area contributed by atoms with Crippen molar-refractivity contribution in [3.8, 4) is 11.7 Å². The Morgan fingerprint density at radius 2 is 1.80 bits per heavy atom. The van der Waals surface area contributed by atoms with Crippen LogP contribution in [0.1, 0.15) is 24.2 Å². The molecule has 0 unspecified atom stereocenters. The lowest BCUT2D eigenvalue weighted by Crippen LogP contribution is -2.48. The van der Waals surface area contributed by atoms with Crippen LogP contribution in [0.5, 0.6) is 0 Å². The molecule has 1 aliphatic rings. The molecule has 0 aliphatic carbocycles. The Morgan fingerprint density at radius 1 is 1.10 bits per heavy atom. The van der Waals surface area contributed by atoms with Gasteiger partial charge in [0.15, 0.2) is 0 Å². The van der Waals surface area contributed by atoms with Gasteiger partial charge in [-0.15, -0.1) is 5.10 Å². The number of morpholine rings is 1. The van der Waals surface area contributed by atoms with Crippen molar-refractivity contribution >= 4 is 21.9 Å². The smallest absolute Gasteiger partial charge is 0.322 e. The largest absolute Gasteiger partial charge is 0.400 e. The Kier molecular flexibility index (Phi) is 5.37. The second kappa shape index (κ2) is 7.97. The van der Waals surface area contributed by atoms with E-state index in [0.29, 0.717) is 0 Å². The molecular formula is C18H19N5O6S. The summed E-state index contributed by atoms with van der Waals surface area (Å²) in [7, 11) is -3.69. The third-order valence-electron chi connectivity index (χ3n) is 4.43. The summed E-state index contributed by atoms with van der Waals surface area (Å²) in [4.78, 5) is 12.5. The predicted molar refractivity (Wildman–Crippen MR) is 103 cm³/mol. The van der Waals surface area contributed by atoms with Crippen molar-refractivity contribution in [1.82, 2.24) is 19.7 Å². The maximum absolute atomic E-state index is 12.9. The fraction of sp³-hybridized carbons (Fsp3) is 0.333. The molecule has 30 heavy (non-hydrogen) atoms. The zero-order chi connectivity index (χ0) is 21.3. The molecule has 0 bridgehead atoms. The second-order valence-electron chi connectivity index (χ2n) is 6.85. The molecule has 1 fully saturated rings. The van der Waals surface area contributed by atoms with Gasteiger partial charge in [-0.3, -0.25) is 10.1 Å². The average molecular weight is 433 g/mol.